The number of nitrogens with zero attached hydrogens (tertiary/aromatic N) is 2. The second kappa shape index (κ2) is 5.16. The van der Waals surface area contributed by atoms with Crippen molar-refractivity contribution in [1.82, 2.24) is 9.88 Å². The molecule has 1 saturated heterocycles. The third-order valence-electron chi connectivity index (χ3n) is 3.41. The van der Waals surface area contributed by atoms with Gasteiger partial charge in [-0.1, -0.05) is 6.07 Å². The Labute approximate surface area is 105 Å². The van der Waals surface area contributed by atoms with Crippen LogP contribution in [0, 0.1) is 5.92 Å². The first kappa shape index (κ1) is 12.5. The molecule has 0 radical (unpaired) electrons. The van der Waals surface area contributed by atoms with Gasteiger partial charge in [-0.25, -0.2) is 0 Å². The van der Waals surface area contributed by atoms with Crippen molar-refractivity contribution < 1.29 is 14.7 Å². The molecule has 1 aliphatic heterocycles. The van der Waals surface area contributed by atoms with E-state index in [9.17, 15) is 9.59 Å². The van der Waals surface area contributed by atoms with E-state index >= 15 is 0 Å². The summed E-state index contributed by atoms with van der Waals surface area (Å²) < 4.78 is 0. The summed E-state index contributed by atoms with van der Waals surface area (Å²) in [5, 5.41) is 9.06. The molecule has 1 amide bonds. The zero-order valence-corrected chi connectivity index (χ0v) is 10.2. The minimum absolute atomic E-state index is 0.175. The average Bonchev–Trinajstić information content (AvgIpc) is 2.87. The number of carbonyl (C=O) groups excluding carboxylic acids is 1. The minimum atomic E-state index is -0.860. The van der Waals surface area contributed by atoms with E-state index in [0.717, 1.165) is 12.8 Å². The van der Waals surface area contributed by atoms with Crippen molar-refractivity contribution in [3.63, 3.8) is 0 Å². The van der Waals surface area contributed by atoms with Crippen molar-refractivity contribution in [2.45, 2.75) is 25.8 Å². The van der Waals surface area contributed by atoms with E-state index in [1.165, 1.54) is 0 Å². The Morgan fingerprint density at radius 1 is 1.50 bits per heavy atom. The van der Waals surface area contributed by atoms with Gasteiger partial charge in [-0.2, -0.15) is 0 Å². The molecule has 2 rings (SSSR count). The molecule has 5 heteroatoms. The lowest BCUT2D eigenvalue weighted by Crippen LogP contribution is -2.42. The molecule has 0 bridgehead atoms. The maximum absolute atomic E-state index is 12.3. The molecule has 1 aromatic heterocycles. The molecule has 18 heavy (non-hydrogen) atoms. The van der Waals surface area contributed by atoms with Crippen LogP contribution >= 0.6 is 0 Å². The monoisotopic (exact) mass is 248 g/mol. The van der Waals surface area contributed by atoms with Crippen molar-refractivity contribution in [1.29, 1.82) is 0 Å². The van der Waals surface area contributed by atoms with E-state index < -0.39 is 11.9 Å². The van der Waals surface area contributed by atoms with Crippen molar-refractivity contribution in [3.05, 3.63) is 30.1 Å². The van der Waals surface area contributed by atoms with Gasteiger partial charge in [0.25, 0.3) is 5.91 Å². The highest BCUT2D eigenvalue weighted by molar-refractivity contribution is 5.93. The van der Waals surface area contributed by atoms with Gasteiger partial charge in [-0.3, -0.25) is 14.6 Å². The number of hydrogen-bond acceptors (Lipinski definition) is 3. The quantitative estimate of drug-likeness (QED) is 0.877. The molecule has 96 valence electrons. The van der Waals surface area contributed by atoms with Gasteiger partial charge in [0.2, 0.25) is 0 Å². The summed E-state index contributed by atoms with van der Waals surface area (Å²) in [4.78, 5) is 29.0. The number of pyridine rings is 1. The van der Waals surface area contributed by atoms with Gasteiger partial charge in [-0.05, 0) is 31.9 Å². The molecule has 0 saturated carbocycles. The van der Waals surface area contributed by atoms with Gasteiger partial charge in [0.1, 0.15) is 5.69 Å². The first-order valence-corrected chi connectivity index (χ1v) is 6.06. The number of likely N-dealkylation sites (tertiary alicyclic amines) is 1. The molecular weight excluding hydrogens is 232 g/mol. The number of carboxylic acids is 1. The lowest BCUT2D eigenvalue weighted by Gasteiger charge is -2.27. The standard InChI is InChI=1S/C13H16N2O3/c1-9(13(17)18)11-6-4-8-15(11)12(16)10-5-2-3-7-14-10/h2-3,5,7,9,11H,4,6,8H2,1H3,(H,17,18). The van der Waals surface area contributed by atoms with Crippen LogP contribution in [0.15, 0.2) is 24.4 Å². The van der Waals surface area contributed by atoms with E-state index in [2.05, 4.69) is 4.98 Å². The lowest BCUT2D eigenvalue weighted by atomic mass is 9.99. The van der Waals surface area contributed by atoms with Crippen molar-refractivity contribution >= 4 is 11.9 Å². The van der Waals surface area contributed by atoms with Crippen LogP contribution in [0.1, 0.15) is 30.3 Å². The van der Waals surface area contributed by atoms with Gasteiger partial charge in [0.05, 0.1) is 5.92 Å². The summed E-state index contributed by atoms with van der Waals surface area (Å²) in [5.41, 5.74) is 0.377. The van der Waals surface area contributed by atoms with E-state index in [4.69, 9.17) is 5.11 Å². The molecule has 1 N–H and O–H groups in total. The van der Waals surface area contributed by atoms with Gasteiger partial charge in [-0.15, -0.1) is 0 Å². The van der Waals surface area contributed by atoms with Gasteiger partial charge in [0.15, 0.2) is 0 Å². The Bertz CT molecular complexity index is 447. The summed E-state index contributed by atoms with van der Waals surface area (Å²) in [6, 6.07) is 4.93. The van der Waals surface area contributed by atoms with Crippen LogP contribution in [-0.2, 0) is 4.79 Å². The van der Waals surface area contributed by atoms with E-state index in [1.54, 1.807) is 36.2 Å². The maximum atomic E-state index is 12.3. The normalized spacial score (nSPS) is 20.7. The molecule has 1 aromatic rings. The first-order chi connectivity index (χ1) is 8.61. The topological polar surface area (TPSA) is 70.5 Å². The zero-order valence-electron chi connectivity index (χ0n) is 10.2. The van der Waals surface area contributed by atoms with Crippen LogP contribution in [0.3, 0.4) is 0 Å². The smallest absolute Gasteiger partial charge is 0.308 e. The highest BCUT2D eigenvalue weighted by Crippen LogP contribution is 2.25. The number of hydrogen-bond donors (Lipinski definition) is 1. The summed E-state index contributed by atoms with van der Waals surface area (Å²) in [5.74, 6) is -1.58. The molecule has 1 aliphatic rings. The minimum Gasteiger partial charge on any atom is -0.481 e. The van der Waals surface area contributed by atoms with Gasteiger partial charge in [0, 0.05) is 18.8 Å². The number of carbonyl (C=O) groups is 2. The molecule has 0 aliphatic carbocycles. The summed E-state index contributed by atoms with van der Waals surface area (Å²) in [7, 11) is 0. The number of rotatable bonds is 3. The van der Waals surface area contributed by atoms with Gasteiger partial charge >= 0.3 is 5.97 Å². The summed E-state index contributed by atoms with van der Waals surface area (Å²) >= 11 is 0. The van der Waals surface area contributed by atoms with Crippen LogP contribution in [-0.4, -0.2) is 39.5 Å². The Kier molecular flexibility index (Phi) is 3.60. The van der Waals surface area contributed by atoms with Crippen LogP contribution < -0.4 is 0 Å². The Morgan fingerprint density at radius 2 is 2.28 bits per heavy atom. The molecule has 0 spiro atoms. The lowest BCUT2D eigenvalue weighted by molar-refractivity contribution is -0.142. The van der Waals surface area contributed by atoms with Crippen LogP contribution in [0.5, 0.6) is 0 Å². The van der Waals surface area contributed by atoms with Crippen molar-refractivity contribution in [2.75, 3.05) is 6.54 Å². The fourth-order valence-corrected chi connectivity index (χ4v) is 2.37. The van der Waals surface area contributed by atoms with E-state index in [-0.39, 0.29) is 11.9 Å². The largest absolute Gasteiger partial charge is 0.481 e. The second-order valence-corrected chi connectivity index (χ2v) is 4.55. The average molecular weight is 248 g/mol. The Morgan fingerprint density at radius 3 is 2.89 bits per heavy atom. The molecule has 2 atom stereocenters. The number of aliphatic carboxylic acids is 1. The Balaban J connectivity index is 2.17. The second-order valence-electron chi connectivity index (χ2n) is 4.55. The molecule has 0 aromatic carbocycles. The SMILES string of the molecule is CC(C(=O)O)C1CCCN1C(=O)c1ccccn1. The van der Waals surface area contributed by atoms with E-state index in [0.29, 0.717) is 12.2 Å². The maximum Gasteiger partial charge on any atom is 0.308 e. The highest BCUT2D eigenvalue weighted by Gasteiger charge is 2.36. The summed E-state index contributed by atoms with van der Waals surface area (Å²) in [6.07, 6.45) is 3.16. The number of carboxylic acid groups (broad SMARTS) is 1. The van der Waals surface area contributed by atoms with Crippen LogP contribution in [0.2, 0.25) is 0 Å². The van der Waals surface area contributed by atoms with Crippen molar-refractivity contribution in [3.8, 4) is 0 Å². The zero-order chi connectivity index (χ0) is 13.1. The first-order valence-electron chi connectivity index (χ1n) is 6.06. The molecule has 2 unspecified atom stereocenters. The predicted molar refractivity (Wildman–Crippen MR) is 65.1 cm³/mol. The molecule has 1 fully saturated rings. The van der Waals surface area contributed by atoms with Crippen LogP contribution in [0.4, 0.5) is 0 Å². The molecule has 2 heterocycles. The molecule has 5 nitrogen and oxygen atoms in total. The predicted octanol–water partition coefficient (Wildman–Crippen LogP) is 1.41. The van der Waals surface area contributed by atoms with Gasteiger partial charge < -0.3 is 10.0 Å². The van der Waals surface area contributed by atoms with E-state index in [1.807, 2.05) is 0 Å². The Hall–Kier alpha value is -1.91. The third-order valence-corrected chi connectivity index (χ3v) is 3.41. The highest BCUT2D eigenvalue weighted by atomic mass is 16.4. The van der Waals surface area contributed by atoms with Crippen molar-refractivity contribution in [2.24, 2.45) is 5.92 Å². The fourth-order valence-electron chi connectivity index (χ4n) is 2.37. The molecular formula is C13H16N2O3. The number of aromatic nitrogens is 1. The fraction of sp³-hybridized carbons (Fsp3) is 0.462. The number of amides is 1. The summed E-state index contributed by atoms with van der Waals surface area (Å²) in [6.45, 7) is 2.26. The third kappa shape index (κ3) is 2.34. The van der Waals surface area contributed by atoms with Crippen LogP contribution in [0.25, 0.3) is 0 Å².